The van der Waals surface area contributed by atoms with Crippen LogP contribution in [0.3, 0.4) is 0 Å². The van der Waals surface area contributed by atoms with E-state index in [9.17, 15) is 0 Å². The Balaban J connectivity index is 1.51. The van der Waals surface area contributed by atoms with Gasteiger partial charge in [-0.25, -0.2) is 0 Å². The molecule has 0 aliphatic rings. The van der Waals surface area contributed by atoms with Gasteiger partial charge in [-0.05, 0) is 76.5 Å². The molecule has 0 fully saturated rings. The van der Waals surface area contributed by atoms with Gasteiger partial charge in [0.05, 0.1) is 0 Å². The maximum Gasteiger partial charge on any atom is 0.504 e. The van der Waals surface area contributed by atoms with Gasteiger partial charge in [0.2, 0.25) is 0 Å². The first-order valence-electron chi connectivity index (χ1n) is 10.6. The molecule has 0 saturated carbocycles. The van der Waals surface area contributed by atoms with Crippen molar-refractivity contribution in [1.82, 2.24) is 0 Å². The summed E-state index contributed by atoms with van der Waals surface area (Å²) >= 11 is 0. The Labute approximate surface area is 188 Å². The Hall–Kier alpha value is -4.02. The van der Waals surface area contributed by atoms with E-state index in [0.29, 0.717) is 5.75 Å². The molecule has 0 aliphatic carbocycles. The average Bonchev–Trinajstić information content (AvgIpc) is 2.86. The van der Waals surface area contributed by atoms with Crippen LogP contribution in [-0.4, -0.2) is 12.7 Å². The van der Waals surface area contributed by atoms with Crippen LogP contribution < -0.4 is 9.55 Å². The van der Waals surface area contributed by atoms with E-state index in [2.05, 4.69) is 95.9 Å². The quantitative estimate of drug-likeness (QED) is 0.317. The van der Waals surface area contributed by atoms with Crippen LogP contribution >= 0.6 is 0 Å². The molecule has 0 saturated heterocycles. The van der Waals surface area contributed by atoms with Crippen LogP contribution in [0.1, 0.15) is 0 Å². The third kappa shape index (κ3) is 4.09. The van der Waals surface area contributed by atoms with Gasteiger partial charge in [0.25, 0.3) is 0 Å². The number of nitrogens with zero attached hydrogens (tertiary/aromatic N) is 1. The molecule has 3 nitrogen and oxygen atoms in total. The van der Waals surface area contributed by atoms with E-state index in [-0.39, 0.29) is 7.69 Å². The van der Waals surface area contributed by atoms with Crippen LogP contribution in [-0.2, 0) is 0 Å². The highest BCUT2D eigenvalue weighted by Crippen LogP contribution is 2.35. The molecule has 0 atom stereocenters. The fourth-order valence-corrected chi connectivity index (χ4v) is 3.97. The van der Waals surface area contributed by atoms with Gasteiger partial charge in [-0.3, -0.25) is 0 Å². The molecule has 0 heterocycles. The van der Waals surface area contributed by atoms with Gasteiger partial charge in [0.1, 0.15) is 5.75 Å². The summed E-state index contributed by atoms with van der Waals surface area (Å²) in [5.41, 5.74) is 5.62. The second-order valence-corrected chi connectivity index (χ2v) is 7.55. The predicted octanol–water partition coefficient (Wildman–Crippen LogP) is 6.61. The lowest BCUT2D eigenvalue weighted by molar-refractivity contribution is 0.454. The molecule has 4 heteroatoms. The summed E-state index contributed by atoms with van der Waals surface area (Å²) in [6, 6.07) is 41.6. The highest BCUT2D eigenvalue weighted by atomic mass is 16.5. The molecule has 5 aromatic rings. The zero-order valence-corrected chi connectivity index (χ0v) is 17.6. The van der Waals surface area contributed by atoms with Crippen molar-refractivity contribution in [3.8, 4) is 16.9 Å². The van der Waals surface area contributed by atoms with Crippen molar-refractivity contribution < 1.29 is 9.68 Å². The van der Waals surface area contributed by atoms with Gasteiger partial charge in [-0.15, -0.1) is 0 Å². The lowest BCUT2D eigenvalue weighted by Crippen LogP contribution is -2.09. The minimum absolute atomic E-state index is 0.327. The summed E-state index contributed by atoms with van der Waals surface area (Å²) in [7, 11) is -0.327. The third-order valence-corrected chi connectivity index (χ3v) is 5.53. The molecule has 0 aliphatic heterocycles. The SMILES string of the molecule is OBOc1ccc2ccc(-c3ccc(N(c4ccccc4)c4ccccc4)cc3)cc2c1. The number of anilines is 3. The molecule has 154 valence electrons. The molecule has 32 heavy (non-hydrogen) atoms. The standard InChI is InChI=1S/C28H22BNO2/c31-29-32-28-18-15-22-11-12-23(19-24(22)20-28)21-13-16-27(17-14-21)30(25-7-3-1-4-8-25)26-9-5-2-6-10-26/h1-20,29,31H. The van der Waals surface area contributed by atoms with Gasteiger partial charge >= 0.3 is 7.69 Å². The molecule has 0 bridgehead atoms. The number of benzene rings is 5. The fraction of sp³-hybridized carbons (Fsp3) is 0. The number of fused-ring (bicyclic) bond motifs is 1. The van der Waals surface area contributed by atoms with E-state index >= 15 is 0 Å². The Morgan fingerprint density at radius 2 is 1.09 bits per heavy atom. The summed E-state index contributed by atoms with van der Waals surface area (Å²) in [6.07, 6.45) is 0. The number of hydrogen-bond donors (Lipinski definition) is 1. The maximum absolute atomic E-state index is 9.03. The Morgan fingerprint density at radius 3 is 1.72 bits per heavy atom. The minimum Gasteiger partial charge on any atom is -0.539 e. The van der Waals surface area contributed by atoms with Crippen LogP contribution in [0.15, 0.2) is 121 Å². The number of hydrogen-bond acceptors (Lipinski definition) is 3. The van der Waals surface area contributed by atoms with E-state index in [1.54, 1.807) is 0 Å². The lowest BCUT2D eigenvalue weighted by Gasteiger charge is -2.25. The fourth-order valence-electron chi connectivity index (χ4n) is 3.97. The van der Waals surface area contributed by atoms with Crippen LogP contribution in [0, 0.1) is 0 Å². The normalized spacial score (nSPS) is 10.7. The topological polar surface area (TPSA) is 32.7 Å². The van der Waals surface area contributed by atoms with E-state index in [1.807, 2.05) is 30.3 Å². The molecule has 0 spiro atoms. The molecular formula is C28H22BNO2. The summed E-state index contributed by atoms with van der Waals surface area (Å²) in [6.45, 7) is 0. The largest absolute Gasteiger partial charge is 0.539 e. The first-order chi connectivity index (χ1) is 15.8. The Morgan fingerprint density at radius 1 is 0.531 bits per heavy atom. The average molecular weight is 415 g/mol. The monoisotopic (exact) mass is 415 g/mol. The van der Waals surface area contributed by atoms with Crippen molar-refractivity contribution in [3.63, 3.8) is 0 Å². The smallest absolute Gasteiger partial charge is 0.504 e. The molecule has 5 rings (SSSR count). The van der Waals surface area contributed by atoms with Crippen molar-refractivity contribution >= 4 is 35.5 Å². The Bertz CT molecular complexity index is 1280. The Kier molecular flexibility index (Phi) is 5.60. The number of rotatable bonds is 6. The zero-order valence-electron chi connectivity index (χ0n) is 17.6. The van der Waals surface area contributed by atoms with E-state index < -0.39 is 0 Å². The molecular weight excluding hydrogens is 393 g/mol. The summed E-state index contributed by atoms with van der Waals surface area (Å²) < 4.78 is 5.24. The van der Waals surface area contributed by atoms with Crippen molar-refractivity contribution in [2.24, 2.45) is 0 Å². The van der Waals surface area contributed by atoms with E-state index in [4.69, 9.17) is 9.68 Å². The van der Waals surface area contributed by atoms with E-state index in [0.717, 1.165) is 39.0 Å². The zero-order chi connectivity index (χ0) is 21.8. The van der Waals surface area contributed by atoms with E-state index in [1.165, 1.54) is 0 Å². The first-order valence-corrected chi connectivity index (χ1v) is 10.6. The first kappa shape index (κ1) is 19.9. The highest BCUT2D eigenvalue weighted by molar-refractivity contribution is 6.17. The molecule has 5 aromatic carbocycles. The van der Waals surface area contributed by atoms with Crippen molar-refractivity contribution in [2.75, 3.05) is 4.90 Å². The van der Waals surface area contributed by atoms with Crippen molar-refractivity contribution in [1.29, 1.82) is 0 Å². The molecule has 0 unspecified atom stereocenters. The molecule has 1 N–H and O–H groups in total. The van der Waals surface area contributed by atoms with Gasteiger partial charge in [0, 0.05) is 17.1 Å². The molecule has 0 amide bonds. The van der Waals surface area contributed by atoms with Crippen LogP contribution in [0.4, 0.5) is 17.1 Å². The lowest BCUT2D eigenvalue weighted by atomic mass is 10.0. The van der Waals surface area contributed by atoms with Crippen LogP contribution in [0.25, 0.3) is 21.9 Å². The molecule has 0 aromatic heterocycles. The highest BCUT2D eigenvalue weighted by Gasteiger charge is 2.12. The van der Waals surface area contributed by atoms with Crippen molar-refractivity contribution in [2.45, 2.75) is 0 Å². The second kappa shape index (κ2) is 9.00. The summed E-state index contributed by atoms with van der Waals surface area (Å²) in [5, 5.41) is 11.2. The molecule has 0 radical (unpaired) electrons. The predicted molar refractivity (Wildman–Crippen MR) is 134 cm³/mol. The van der Waals surface area contributed by atoms with Crippen molar-refractivity contribution in [3.05, 3.63) is 121 Å². The van der Waals surface area contributed by atoms with Gasteiger partial charge < -0.3 is 14.6 Å². The van der Waals surface area contributed by atoms with Crippen LogP contribution in [0.2, 0.25) is 0 Å². The van der Waals surface area contributed by atoms with Gasteiger partial charge in [0.15, 0.2) is 0 Å². The third-order valence-electron chi connectivity index (χ3n) is 5.53. The minimum atomic E-state index is -0.327. The summed E-state index contributed by atoms with van der Waals surface area (Å²) in [5.74, 6) is 0.661. The van der Waals surface area contributed by atoms with Gasteiger partial charge in [-0.1, -0.05) is 66.7 Å². The van der Waals surface area contributed by atoms with Gasteiger partial charge in [-0.2, -0.15) is 0 Å². The maximum atomic E-state index is 9.03. The number of para-hydroxylation sites is 2. The van der Waals surface area contributed by atoms with Crippen LogP contribution in [0.5, 0.6) is 5.75 Å². The second-order valence-electron chi connectivity index (χ2n) is 7.55. The summed E-state index contributed by atoms with van der Waals surface area (Å²) in [4.78, 5) is 2.25.